The molecule has 1 aromatic carbocycles. The summed E-state index contributed by atoms with van der Waals surface area (Å²) in [5, 5.41) is 0. The first-order valence-corrected chi connectivity index (χ1v) is 6.91. The van der Waals surface area contributed by atoms with Crippen molar-refractivity contribution in [2.24, 2.45) is 0 Å². The van der Waals surface area contributed by atoms with Crippen LogP contribution < -0.4 is 4.74 Å². The molecule has 0 aliphatic rings. The van der Waals surface area contributed by atoms with Gasteiger partial charge in [0.15, 0.2) is 17.2 Å². The largest absolute Gasteiger partial charge is 0.494 e. The van der Waals surface area contributed by atoms with Gasteiger partial charge in [-0.25, -0.2) is 14.4 Å². The molecule has 0 unspecified atom stereocenters. The number of hydrogen-bond donors (Lipinski definition) is 0. The lowest BCUT2D eigenvalue weighted by Crippen LogP contribution is -2.01. The molecule has 0 amide bonds. The summed E-state index contributed by atoms with van der Waals surface area (Å²) < 4.78 is 20.6. The van der Waals surface area contributed by atoms with Gasteiger partial charge < -0.3 is 4.74 Å². The van der Waals surface area contributed by atoms with Crippen LogP contribution in [-0.4, -0.2) is 21.6 Å². The van der Waals surface area contributed by atoms with Gasteiger partial charge in [-0.1, -0.05) is 0 Å². The first-order chi connectivity index (χ1) is 10.1. The Labute approximate surface area is 126 Å². The average Bonchev–Trinajstić information content (AvgIpc) is 2.84. The fourth-order valence-corrected chi connectivity index (χ4v) is 2.45. The van der Waals surface area contributed by atoms with Crippen molar-refractivity contribution in [1.29, 1.82) is 0 Å². The molecule has 3 aromatic rings. The minimum atomic E-state index is -0.440. The van der Waals surface area contributed by atoms with Crippen LogP contribution in [0.2, 0.25) is 0 Å². The van der Waals surface area contributed by atoms with Gasteiger partial charge in [0.05, 0.1) is 18.7 Å². The van der Waals surface area contributed by atoms with Crippen molar-refractivity contribution >= 4 is 22.8 Å². The lowest BCUT2D eigenvalue weighted by atomic mass is 10.2. The number of ether oxygens (including phenoxy) is 1. The summed E-state index contributed by atoms with van der Waals surface area (Å²) in [6.45, 7) is 1.94. The molecule has 108 valence electrons. The van der Waals surface area contributed by atoms with Crippen molar-refractivity contribution in [3.8, 4) is 11.4 Å². The van der Waals surface area contributed by atoms with Gasteiger partial charge in [-0.05, 0) is 30.7 Å². The highest BCUT2D eigenvalue weighted by Gasteiger charge is 2.14. The fourth-order valence-electron chi connectivity index (χ4n) is 2.27. The van der Waals surface area contributed by atoms with Crippen LogP contribution in [0, 0.1) is 12.7 Å². The Kier molecular flexibility index (Phi) is 3.51. The van der Waals surface area contributed by atoms with Crippen molar-refractivity contribution < 1.29 is 9.13 Å². The maximum Gasteiger partial charge on any atom is 0.167 e. The molecular formula is C15H13ClFN3O. The summed E-state index contributed by atoms with van der Waals surface area (Å²) in [7, 11) is 1.43. The molecular weight excluding hydrogens is 293 g/mol. The predicted molar refractivity (Wildman–Crippen MR) is 79.7 cm³/mol. The van der Waals surface area contributed by atoms with Gasteiger partial charge in [-0.3, -0.25) is 4.57 Å². The molecule has 21 heavy (non-hydrogen) atoms. The zero-order chi connectivity index (χ0) is 15.0. The second-order valence-electron chi connectivity index (χ2n) is 4.67. The Morgan fingerprint density at radius 1 is 1.33 bits per heavy atom. The van der Waals surface area contributed by atoms with Crippen molar-refractivity contribution in [2.75, 3.05) is 7.11 Å². The number of nitrogens with zero attached hydrogens (tertiary/aromatic N) is 3. The Morgan fingerprint density at radius 2 is 2.14 bits per heavy atom. The monoisotopic (exact) mass is 305 g/mol. The zero-order valence-corrected chi connectivity index (χ0v) is 12.4. The van der Waals surface area contributed by atoms with Gasteiger partial charge in [0.2, 0.25) is 0 Å². The number of pyridine rings is 1. The number of hydrogen-bond acceptors (Lipinski definition) is 3. The molecule has 0 saturated carbocycles. The Morgan fingerprint density at radius 3 is 2.81 bits per heavy atom. The number of aryl methyl sites for hydroxylation is 1. The molecule has 0 fully saturated rings. The van der Waals surface area contributed by atoms with Crippen LogP contribution >= 0.6 is 11.6 Å². The van der Waals surface area contributed by atoms with Gasteiger partial charge in [-0.2, -0.15) is 0 Å². The van der Waals surface area contributed by atoms with Crippen LogP contribution in [0.5, 0.6) is 5.75 Å². The molecule has 0 atom stereocenters. The first-order valence-electron chi connectivity index (χ1n) is 6.38. The number of rotatable bonds is 3. The number of benzene rings is 1. The molecule has 0 aliphatic carbocycles. The van der Waals surface area contributed by atoms with E-state index in [4.69, 9.17) is 16.3 Å². The molecule has 0 aliphatic heterocycles. The van der Waals surface area contributed by atoms with E-state index in [2.05, 4.69) is 9.97 Å². The quantitative estimate of drug-likeness (QED) is 0.694. The molecule has 0 spiro atoms. The zero-order valence-electron chi connectivity index (χ0n) is 11.6. The van der Waals surface area contributed by atoms with E-state index >= 15 is 0 Å². The topological polar surface area (TPSA) is 39.9 Å². The summed E-state index contributed by atoms with van der Waals surface area (Å²) in [6.07, 6.45) is 1.75. The summed E-state index contributed by atoms with van der Waals surface area (Å²) in [6, 6.07) is 6.63. The second kappa shape index (κ2) is 5.33. The molecule has 0 N–H and O–H groups in total. The number of aromatic nitrogens is 3. The lowest BCUT2D eigenvalue weighted by Gasteiger charge is -2.09. The van der Waals surface area contributed by atoms with Crippen LogP contribution in [0.4, 0.5) is 4.39 Å². The lowest BCUT2D eigenvalue weighted by molar-refractivity contribution is 0.386. The molecule has 3 rings (SSSR count). The molecule has 0 radical (unpaired) electrons. The van der Waals surface area contributed by atoms with E-state index in [1.165, 1.54) is 13.2 Å². The molecule has 2 heterocycles. The van der Waals surface area contributed by atoms with Crippen molar-refractivity contribution in [3.63, 3.8) is 0 Å². The number of fused-ring (bicyclic) bond motifs is 1. The maximum absolute atomic E-state index is 13.9. The minimum Gasteiger partial charge on any atom is -0.494 e. The Hall–Kier alpha value is -2.14. The van der Waals surface area contributed by atoms with Gasteiger partial charge >= 0.3 is 0 Å². The van der Waals surface area contributed by atoms with E-state index in [0.717, 1.165) is 11.1 Å². The van der Waals surface area contributed by atoms with E-state index in [1.807, 2.05) is 13.0 Å². The van der Waals surface area contributed by atoms with Gasteiger partial charge in [0, 0.05) is 12.3 Å². The fraction of sp³-hybridized carbons (Fsp3) is 0.200. The van der Waals surface area contributed by atoms with E-state index < -0.39 is 5.82 Å². The van der Waals surface area contributed by atoms with Crippen LogP contribution in [0.1, 0.15) is 11.4 Å². The molecule has 0 bridgehead atoms. The van der Waals surface area contributed by atoms with Crippen LogP contribution in [0.15, 0.2) is 30.5 Å². The van der Waals surface area contributed by atoms with E-state index in [9.17, 15) is 4.39 Å². The Balaban J connectivity index is 2.25. The molecule has 0 saturated heterocycles. The molecule has 6 heteroatoms. The normalized spacial score (nSPS) is 11.0. The van der Waals surface area contributed by atoms with Gasteiger partial charge in [0.1, 0.15) is 11.3 Å². The molecule has 2 aromatic heterocycles. The summed E-state index contributed by atoms with van der Waals surface area (Å²) in [4.78, 5) is 8.84. The van der Waals surface area contributed by atoms with Crippen LogP contribution in [-0.2, 0) is 5.88 Å². The number of halogens is 2. The van der Waals surface area contributed by atoms with E-state index in [1.54, 1.807) is 22.9 Å². The summed E-state index contributed by atoms with van der Waals surface area (Å²) in [5.41, 5.74) is 3.01. The highest BCUT2D eigenvalue weighted by atomic mass is 35.5. The van der Waals surface area contributed by atoms with Crippen LogP contribution in [0.25, 0.3) is 16.9 Å². The highest BCUT2D eigenvalue weighted by Crippen LogP contribution is 2.25. The highest BCUT2D eigenvalue weighted by molar-refractivity contribution is 6.16. The standard InChI is InChI=1S/C15H13ClFN3O/c1-9-5-12-15(18-8-9)20(14(7-16)19-12)10-3-4-13(21-2)11(17)6-10/h3-6,8H,7H2,1-2H3. The number of imidazole rings is 1. The minimum absolute atomic E-state index is 0.194. The Bertz CT molecular complexity index is 816. The third-order valence-corrected chi connectivity index (χ3v) is 3.46. The second-order valence-corrected chi connectivity index (χ2v) is 4.94. The molecule has 4 nitrogen and oxygen atoms in total. The van der Waals surface area contributed by atoms with E-state index in [-0.39, 0.29) is 11.6 Å². The number of alkyl halides is 1. The van der Waals surface area contributed by atoms with Gasteiger partial charge in [-0.15, -0.1) is 11.6 Å². The third kappa shape index (κ3) is 2.34. The number of methoxy groups -OCH3 is 1. The van der Waals surface area contributed by atoms with Crippen molar-refractivity contribution in [3.05, 3.63) is 47.7 Å². The SMILES string of the molecule is COc1ccc(-n2c(CCl)nc3cc(C)cnc32)cc1F. The predicted octanol–water partition coefficient (Wildman–Crippen LogP) is 3.62. The summed E-state index contributed by atoms with van der Waals surface area (Å²) in [5.74, 6) is 0.585. The third-order valence-electron chi connectivity index (χ3n) is 3.22. The summed E-state index contributed by atoms with van der Waals surface area (Å²) >= 11 is 5.96. The van der Waals surface area contributed by atoms with Crippen molar-refractivity contribution in [2.45, 2.75) is 12.8 Å². The van der Waals surface area contributed by atoms with Gasteiger partial charge in [0.25, 0.3) is 0 Å². The smallest absolute Gasteiger partial charge is 0.167 e. The van der Waals surface area contributed by atoms with Crippen molar-refractivity contribution in [1.82, 2.24) is 14.5 Å². The van der Waals surface area contributed by atoms with E-state index in [0.29, 0.717) is 17.2 Å². The first kappa shape index (κ1) is 13.8. The van der Waals surface area contributed by atoms with Crippen LogP contribution in [0.3, 0.4) is 0 Å². The average molecular weight is 306 g/mol. The maximum atomic E-state index is 13.9.